The average Bonchev–Trinajstić information content (AvgIpc) is 2.64. The van der Waals surface area contributed by atoms with Crippen molar-refractivity contribution in [2.75, 3.05) is 14.2 Å². The molecule has 1 N–H and O–H groups in total. The molecule has 0 heterocycles. The molecule has 0 spiro atoms. The van der Waals surface area contributed by atoms with Gasteiger partial charge in [-0.25, -0.2) is 4.79 Å². The second-order valence-corrected chi connectivity index (χ2v) is 7.39. The van der Waals surface area contributed by atoms with Gasteiger partial charge in [0.1, 0.15) is 5.75 Å². The van der Waals surface area contributed by atoms with E-state index < -0.39 is 17.5 Å². The number of hydrogen-bond donors (Lipinski definition) is 1. The summed E-state index contributed by atoms with van der Waals surface area (Å²) in [6, 6.07) is 5.30. The van der Waals surface area contributed by atoms with E-state index in [9.17, 15) is 14.7 Å². The van der Waals surface area contributed by atoms with E-state index in [1.54, 1.807) is 52.3 Å². The fourth-order valence-electron chi connectivity index (χ4n) is 4.00. The predicted molar refractivity (Wildman–Crippen MR) is 109 cm³/mol. The molecule has 1 aliphatic rings. The van der Waals surface area contributed by atoms with E-state index in [1.807, 2.05) is 26.8 Å². The number of carboxylic acid groups (broad SMARTS) is 1. The quantitative estimate of drug-likeness (QED) is 0.577. The number of allylic oxidation sites excluding steroid dienone is 1. The van der Waals surface area contributed by atoms with Crippen molar-refractivity contribution in [3.8, 4) is 5.75 Å². The summed E-state index contributed by atoms with van der Waals surface area (Å²) in [5.41, 5.74) is 3.34. The maximum atomic E-state index is 12.7. The maximum absolute atomic E-state index is 12.7. The number of aliphatic carboxylic acids is 1. The lowest BCUT2D eigenvalue weighted by Crippen LogP contribution is -2.39. The van der Waals surface area contributed by atoms with E-state index in [0.29, 0.717) is 16.7 Å². The van der Waals surface area contributed by atoms with Crippen LogP contribution in [0, 0.1) is 12.3 Å². The molecule has 0 aliphatic heterocycles. The third-order valence-corrected chi connectivity index (χ3v) is 5.79. The molecule has 1 aromatic carbocycles. The molecular weight excluding hydrogens is 356 g/mol. The second-order valence-electron chi connectivity index (χ2n) is 7.39. The smallest absolute Gasteiger partial charge is 0.335 e. The van der Waals surface area contributed by atoms with Crippen LogP contribution in [0.5, 0.6) is 5.75 Å². The minimum Gasteiger partial charge on any atom is -0.496 e. The number of carbonyl (C=O) groups is 2. The van der Waals surface area contributed by atoms with Gasteiger partial charge >= 0.3 is 5.97 Å². The SMILES string of the molecule is COc1ccc(C(=O)C=CC2(C)C(C)=C(C)C(C(=O)O)=C(C)C2OC)cc1C. The monoisotopic (exact) mass is 384 g/mol. The van der Waals surface area contributed by atoms with Gasteiger partial charge in [0, 0.05) is 18.1 Å². The molecule has 0 bridgehead atoms. The van der Waals surface area contributed by atoms with Gasteiger partial charge in [0.15, 0.2) is 5.78 Å². The molecule has 2 unspecified atom stereocenters. The maximum Gasteiger partial charge on any atom is 0.335 e. The predicted octanol–water partition coefficient (Wildman–Crippen LogP) is 4.51. The highest BCUT2D eigenvalue weighted by molar-refractivity contribution is 6.05. The Morgan fingerprint density at radius 3 is 2.29 bits per heavy atom. The molecule has 1 aromatic rings. The van der Waals surface area contributed by atoms with Crippen LogP contribution < -0.4 is 4.74 Å². The molecule has 1 aliphatic carbocycles. The molecule has 0 amide bonds. The zero-order valence-corrected chi connectivity index (χ0v) is 17.5. The lowest BCUT2D eigenvalue weighted by molar-refractivity contribution is -0.132. The number of ether oxygens (including phenoxy) is 2. The average molecular weight is 384 g/mol. The van der Waals surface area contributed by atoms with Crippen LogP contribution in [0.25, 0.3) is 0 Å². The first-order valence-corrected chi connectivity index (χ1v) is 9.11. The minimum absolute atomic E-state index is 0.127. The molecule has 5 heteroatoms. The Balaban J connectivity index is 2.44. The van der Waals surface area contributed by atoms with Crippen LogP contribution >= 0.6 is 0 Å². The van der Waals surface area contributed by atoms with E-state index in [-0.39, 0.29) is 11.4 Å². The lowest BCUT2D eigenvalue weighted by atomic mass is 9.67. The van der Waals surface area contributed by atoms with Crippen LogP contribution in [0.1, 0.15) is 43.6 Å². The molecule has 0 saturated carbocycles. The van der Waals surface area contributed by atoms with Gasteiger partial charge in [0.25, 0.3) is 0 Å². The van der Waals surface area contributed by atoms with E-state index in [2.05, 4.69) is 0 Å². The van der Waals surface area contributed by atoms with Crippen LogP contribution in [-0.2, 0) is 9.53 Å². The van der Waals surface area contributed by atoms with Gasteiger partial charge < -0.3 is 14.6 Å². The van der Waals surface area contributed by atoms with Gasteiger partial charge in [-0.05, 0) is 75.6 Å². The number of benzene rings is 1. The molecule has 28 heavy (non-hydrogen) atoms. The Kier molecular flexibility index (Phi) is 6.30. The van der Waals surface area contributed by atoms with Crippen molar-refractivity contribution in [3.05, 3.63) is 63.8 Å². The Bertz CT molecular complexity index is 904. The number of hydrogen-bond acceptors (Lipinski definition) is 4. The topological polar surface area (TPSA) is 72.8 Å². The highest BCUT2D eigenvalue weighted by Gasteiger charge is 2.42. The summed E-state index contributed by atoms with van der Waals surface area (Å²) in [5.74, 6) is -0.360. The minimum atomic E-state index is -0.966. The fourth-order valence-corrected chi connectivity index (χ4v) is 4.00. The molecule has 2 atom stereocenters. The number of ketones is 1. The van der Waals surface area contributed by atoms with Gasteiger partial charge in [0.05, 0.1) is 18.8 Å². The van der Waals surface area contributed by atoms with Crippen molar-refractivity contribution in [1.82, 2.24) is 0 Å². The molecular formula is C23H28O5. The molecule has 2 rings (SSSR count). The number of carboxylic acids is 1. The van der Waals surface area contributed by atoms with Crippen LogP contribution in [0.3, 0.4) is 0 Å². The second kappa shape index (κ2) is 8.15. The summed E-state index contributed by atoms with van der Waals surface area (Å²) in [5, 5.41) is 9.59. The highest BCUT2D eigenvalue weighted by Crippen LogP contribution is 2.45. The van der Waals surface area contributed by atoms with Crippen molar-refractivity contribution in [3.63, 3.8) is 0 Å². The summed E-state index contributed by atoms with van der Waals surface area (Å²) in [7, 11) is 3.15. The van der Waals surface area contributed by atoms with Crippen molar-refractivity contribution in [2.24, 2.45) is 5.41 Å². The van der Waals surface area contributed by atoms with Crippen LogP contribution in [0.2, 0.25) is 0 Å². The van der Waals surface area contributed by atoms with E-state index in [0.717, 1.165) is 16.9 Å². The van der Waals surface area contributed by atoms with Gasteiger partial charge in [-0.1, -0.05) is 11.6 Å². The Hall–Kier alpha value is -2.66. The third kappa shape index (κ3) is 3.67. The first kappa shape index (κ1) is 21.6. The Morgan fingerprint density at radius 2 is 1.79 bits per heavy atom. The van der Waals surface area contributed by atoms with Gasteiger partial charge in [-0.2, -0.15) is 0 Å². The Morgan fingerprint density at radius 1 is 1.14 bits per heavy atom. The van der Waals surface area contributed by atoms with Gasteiger partial charge in [-0.15, -0.1) is 0 Å². The number of aryl methyl sites for hydroxylation is 1. The third-order valence-electron chi connectivity index (χ3n) is 5.79. The number of carbonyl (C=O) groups excluding carboxylic acids is 1. The van der Waals surface area contributed by atoms with Crippen LogP contribution in [0.15, 0.2) is 52.6 Å². The van der Waals surface area contributed by atoms with Gasteiger partial charge in [-0.3, -0.25) is 4.79 Å². The van der Waals surface area contributed by atoms with Gasteiger partial charge in [0.2, 0.25) is 0 Å². The zero-order chi connectivity index (χ0) is 21.2. The zero-order valence-electron chi connectivity index (χ0n) is 17.5. The van der Waals surface area contributed by atoms with Crippen molar-refractivity contribution < 1.29 is 24.2 Å². The van der Waals surface area contributed by atoms with Crippen molar-refractivity contribution >= 4 is 11.8 Å². The number of rotatable bonds is 6. The highest BCUT2D eigenvalue weighted by atomic mass is 16.5. The summed E-state index contributed by atoms with van der Waals surface area (Å²) in [6.07, 6.45) is 2.90. The van der Waals surface area contributed by atoms with Crippen molar-refractivity contribution in [2.45, 2.75) is 40.7 Å². The largest absolute Gasteiger partial charge is 0.496 e. The van der Waals surface area contributed by atoms with Crippen LogP contribution in [0.4, 0.5) is 0 Å². The number of methoxy groups -OCH3 is 2. The molecule has 150 valence electrons. The first-order chi connectivity index (χ1) is 13.1. The molecule has 0 saturated heterocycles. The standard InChI is InChI=1S/C23H28O5/c1-13-12-17(8-9-19(13)27-6)18(24)10-11-23(5)16(4)14(2)20(22(25)26)15(3)21(23)28-7/h8-12,21H,1-7H3,(H,25,26). The molecule has 0 fully saturated rings. The van der Waals surface area contributed by atoms with E-state index >= 15 is 0 Å². The Labute approximate surface area is 166 Å². The van der Waals surface area contributed by atoms with E-state index in [1.165, 1.54) is 0 Å². The fraction of sp³-hybridized carbons (Fsp3) is 0.391. The summed E-state index contributed by atoms with van der Waals surface area (Å²) >= 11 is 0. The summed E-state index contributed by atoms with van der Waals surface area (Å²) in [4.78, 5) is 24.4. The summed E-state index contributed by atoms with van der Waals surface area (Å²) < 4.78 is 10.9. The lowest BCUT2D eigenvalue weighted by Gasteiger charge is -2.41. The first-order valence-electron chi connectivity index (χ1n) is 9.11. The molecule has 0 aromatic heterocycles. The normalized spacial score (nSPS) is 22.8. The molecule has 0 radical (unpaired) electrons. The van der Waals surface area contributed by atoms with Crippen LogP contribution in [-0.4, -0.2) is 37.2 Å². The van der Waals surface area contributed by atoms with E-state index in [4.69, 9.17) is 9.47 Å². The summed E-state index contributed by atoms with van der Waals surface area (Å²) in [6.45, 7) is 9.32. The van der Waals surface area contributed by atoms with Crippen molar-refractivity contribution in [1.29, 1.82) is 0 Å². The molecule has 5 nitrogen and oxygen atoms in total.